The third-order valence-electron chi connectivity index (χ3n) is 2.40. The van der Waals surface area contributed by atoms with E-state index < -0.39 is 0 Å². The van der Waals surface area contributed by atoms with Crippen LogP contribution in [0.4, 0.5) is 10.8 Å². The second kappa shape index (κ2) is 2.94. The highest BCUT2D eigenvalue weighted by atomic mass is 32.1. The predicted molar refractivity (Wildman–Crippen MR) is 52.5 cm³/mol. The number of nitrogen functional groups attached to an aromatic ring is 1. The first-order valence-corrected chi connectivity index (χ1v) is 5.03. The molecule has 0 aromatic carbocycles. The molecule has 1 heterocycles. The number of rotatable bonds is 2. The summed E-state index contributed by atoms with van der Waals surface area (Å²) >= 11 is 1.47. The molecule has 1 saturated carbocycles. The quantitative estimate of drug-likeness (QED) is 0.737. The van der Waals surface area contributed by atoms with Gasteiger partial charge in [0.25, 0.3) is 0 Å². The van der Waals surface area contributed by atoms with Crippen LogP contribution in [0.1, 0.15) is 24.8 Å². The lowest BCUT2D eigenvalue weighted by atomic mass is 9.93. The largest absolute Gasteiger partial charge is 0.383 e. The fraction of sp³-hybridized carbons (Fsp3) is 0.625. The standard InChI is InChI=1S/C8H13N3S/c1-5-7(9)11-12-8(5)10-6-3-2-4-6/h6,10H,2-4H2,1H3,(H2,9,11). The summed E-state index contributed by atoms with van der Waals surface area (Å²) < 4.78 is 4.08. The predicted octanol–water partition coefficient (Wildman–Crippen LogP) is 2.00. The van der Waals surface area contributed by atoms with Crippen molar-refractivity contribution in [3.05, 3.63) is 5.56 Å². The van der Waals surface area contributed by atoms with Crippen molar-refractivity contribution >= 4 is 22.4 Å². The van der Waals surface area contributed by atoms with Crippen molar-refractivity contribution in [2.45, 2.75) is 32.2 Å². The molecular weight excluding hydrogens is 170 g/mol. The van der Waals surface area contributed by atoms with E-state index in [9.17, 15) is 0 Å². The zero-order valence-corrected chi connectivity index (χ0v) is 7.95. The van der Waals surface area contributed by atoms with Crippen LogP contribution in [-0.4, -0.2) is 10.4 Å². The number of anilines is 2. The highest BCUT2D eigenvalue weighted by Gasteiger charge is 2.18. The van der Waals surface area contributed by atoms with E-state index in [1.807, 2.05) is 6.92 Å². The number of nitrogens with zero attached hydrogens (tertiary/aromatic N) is 1. The summed E-state index contributed by atoms with van der Waals surface area (Å²) in [6.07, 6.45) is 3.93. The van der Waals surface area contributed by atoms with Gasteiger partial charge in [-0.05, 0) is 37.7 Å². The molecule has 0 amide bonds. The Labute approximate surface area is 76.1 Å². The van der Waals surface area contributed by atoms with Crippen molar-refractivity contribution in [1.29, 1.82) is 0 Å². The second-order valence-electron chi connectivity index (χ2n) is 3.29. The third-order valence-corrected chi connectivity index (χ3v) is 3.30. The minimum Gasteiger partial charge on any atom is -0.383 e. The monoisotopic (exact) mass is 183 g/mol. The van der Waals surface area contributed by atoms with E-state index in [0.717, 1.165) is 10.6 Å². The summed E-state index contributed by atoms with van der Waals surface area (Å²) in [6.45, 7) is 2.01. The fourth-order valence-corrected chi connectivity index (χ4v) is 2.01. The highest BCUT2D eigenvalue weighted by molar-refractivity contribution is 7.10. The highest BCUT2D eigenvalue weighted by Crippen LogP contribution is 2.30. The molecule has 1 fully saturated rings. The number of aromatic nitrogens is 1. The molecule has 0 atom stereocenters. The number of hydrogen-bond acceptors (Lipinski definition) is 4. The first kappa shape index (κ1) is 7.86. The molecule has 1 aromatic heterocycles. The van der Waals surface area contributed by atoms with Gasteiger partial charge in [-0.15, -0.1) is 0 Å². The maximum Gasteiger partial charge on any atom is 0.142 e. The molecule has 12 heavy (non-hydrogen) atoms. The van der Waals surface area contributed by atoms with Gasteiger partial charge in [0.05, 0.1) is 0 Å². The van der Waals surface area contributed by atoms with Gasteiger partial charge in [0.1, 0.15) is 10.8 Å². The topological polar surface area (TPSA) is 50.9 Å². The smallest absolute Gasteiger partial charge is 0.142 e. The summed E-state index contributed by atoms with van der Waals surface area (Å²) in [7, 11) is 0. The first-order valence-electron chi connectivity index (χ1n) is 4.25. The molecule has 0 saturated heterocycles. The number of nitrogens with two attached hydrogens (primary N) is 1. The molecule has 0 aliphatic heterocycles. The van der Waals surface area contributed by atoms with Crippen LogP contribution in [0.3, 0.4) is 0 Å². The van der Waals surface area contributed by atoms with Gasteiger partial charge in [-0.2, -0.15) is 4.37 Å². The van der Waals surface area contributed by atoms with E-state index in [4.69, 9.17) is 5.73 Å². The molecule has 66 valence electrons. The molecule has 0 spiro atoms. The van der Waals surface area contributed by atoms with Gasteiger partial charge in [-0.3, -0.25) is 0 Å². The Hall–Kier alpha value is -0.770. The van der Waals surface area contributed by atoms with Gasteiger partial charge in [0.2, 0.25) is 0 Å². The van der Waals surface area contributed by atoms with Crippen LogP contribution in [0.15, 0.2) is 0 Å². The average Bonchev–Trinajstić information content (AvgIpc) is 2.27. The van der Waals surface area contributed by atoms with Crippen molar-refractivity contribution in [1.82, 2.24) is 4.37 Å². The third kappa shape index (κ3) is 1.27. The average molecular weight is 183 g/mol. The van der Waals surface area contributed by atoms with Crippen LogP contribution >= 0.6 is 11.5 Å². The van der Waals surface area contributed by atoms with Crippen molar-refractivity contribution in [2.75, 3.05) is 11.1 Å². The van der Waals surface area contributed by atoms with E-state index in [-0.39, 0.29) is 0 Å². The maximum absolute atomic E-state index is 5.64. The Morgan fingerprint density at radius 1 is 1.58 bits per heavy atom. The van der Waals surface area contributed by atoms with Crippen LogP contribution in [0.2, 0.25) is 0 Å². The SMILES string of the molecule is Cc1c(N)nsc1NC1CCC1. The summed E-state index contributed by atoms with van der Waals surface area (Å²) in [5.41, 5.74) is 6.74. The summed E-state index contributed by atoms with van der Waals surface area (Å²) in [5, 5.41) is 4.59. The van der Waals surface area contributed by atoms with Crippen molar-refractivity contribution in [3.63, 3.8) is 0 Å². The first-order chi connectivity index (χ1) is 5.77. The fourth-order valence-electron chi connectivity index (χ4n) is 1.22. The normalized spacial score (nSPS) is 17.4. The van der Waals surface area contributed by atoms with Crippen LogP contribution in [0.25, 0.3) is 0 Å². The van der Waals surface area contributed by atoms with Gasteiger partial charge in [-0.1, -0.05) is 0 Å². The minimum atomic E-state index is 0.668. The van der Waals surface area contributed by atoms with Crippen LogP contribution in [0.5, 0.6) is 0 Å². The van der Waals surface area contributed by atoms with Gasteiger partial charge in [-0.25, -0.2) is 0 Å². The Kier molecular flexibility index (Phi) is 1.92. The Bertz CT molecular complexity index is 278. The molecule has 4 heteroatoms. The molecular formula is C8H13N3S. The van der Waals surface area contributed by atoms with E-state index in [1.165, 1.54) is 30.8 Å². The van der Waals surface area contributed by atoms with Crippen molar-refractivity contribution in [3.8, 4) is 0 Å². The van der Waals surface area contributed by atoms with Gasteiger partial charge < -0.3 is 11.1 Å². The molecule has 1 aliphatic carbocycles. The Morgan fingerprint density at radius 2 is 2.33 bits per heavy atom. The van der Waals surface area contributed by atoms with Crippen LogP contribution < -0.4 is 11.1 Å². The van der Waals surface area contributed by atoms with Crippen LogP contribution in [0, 0.1) is 6.92 Å². The van der Waals surface area contributed by atoms with Gasteiger partial charge in [0.15, 0.2) is 0 Å². The lowest BCUT2D eigenvalue weighted by Gasteiger charge is -2.26. The summed E-state index contributed by atoms with van der Waals surface area (Å²) in [4.78, 5) is 0. The molecule has 0 radical (unpaired) electrons. The zero-order valence-electron chi connectivity index (χ0n) is 7.13. The maximum atomic E-state index is 5.64. The Morgan fingerprint density at radius 3 is 2.75 bits per heavy atom. The molecule has 0 bridgehead atoms. The van der Waals surface area contributed by atoms with E-state index >= 15 is 0 Å². The lowest BCUT2D eigenvalue weighted by molar-refractivity contribution is 0.446. The minimum absolute atomic E-state index is 0.668. The second-order valence-corrected chi connectivity index (χ2v) is 4.07. The lowest BCUT2D eigenvalue weighted by Crippen LogP contribution is -2.26. The molecule has 1 aromatic rings. The van der Waals surface area contributed by atoms with Gasteiger partial charge in [0, 0.05) is 11.6 Å². The van der Waals surface area contributed by atoms with Crippen molar-refractivity contribution < 1.29 is 0 Å². The van der Waals surface area contributed by atoms with Crippen molar-refractivity contribution in [2.24, 2.45) is 0 Å². The van der Waals surface area contributed by atoms with E-state index in [1.54, 1.807) is 0 Å². The number of hydrogen-bond donors (Lipinski definition) is 2. The molecule has 1 aliphatic rings. The number of nitrogens with one attached hydrogen (secondary N) is 1. The summed E-state index contributed by atoms with van der Waals surface area (Å²) in [6, 6.07) is 0.670. The summed E-state index contributed by atoms with van der Waals surface area (Å²) in [5.74, 6) is 0.668. The zero-order chi connectivity index (χ0) is 8.55. The van der Waals surface area contributed by atoms with E-state index in [2.05, 4.69) is 9.69 Å². The van der Waals surface area contributed by atoms with E-state index in [0.29, 0.717) is 11.9 Å². The molecule has 3 nitrogen and oxygen atoms in total. The molecule has 2 rings (SSSR count). The van der Waals surface area contributed by atoms with Gasteiger partial charge >= 0.3 is 0 Å². The molecule has 3 N–H and O–H groups in total. The molecule has 0 unspecified atom stereocenters. The Balaban J connectivity index is 2.06. The van der Waals surface area contributed by atoms with Crippen LogP contribution in [-0.2, 0) is 0 Å².